The number of hydrogen-bond acceptors (Lipinski definition) is 5. The predicted molar refractivity (Wildman–Crippen MR) is 99.9 cm³/mol. The van der Waals surface area contributed by atoms with Gasteiger partial charge in [0.25, 0.3) is 5.91 Å². The van der Waals surface area contributed by atoms with Gasteiger partial charge in [0.1, 0.15) is 11.3 Å². The van der Waals surface area contributed by atoms with Gasteiger partial charge in [0.15, 0.2) is 6.61 Å². The Morgan fingerprint density at radius 3 is 2.46 bits per heavy atom. The molecule has 6 nitrogen and oxygen atoms in total. The molecule has 1 fully saturated rings. The van der Waals surface area contributed by atoms with E-state index in [-0.39, 0.29) is 11.3 Å². The molecule has 1 aliphatic heterocycles. The number of rotatable bonds is 5. The molecule has 1 amide bonds. The summed E-state index contributed by atoms with van der Waals surface area (Å²) in [6, 6.07) is 11.6. The van der Waals surface area contributed by atoms with Gasteiger partial charge in [0.05, 0.1) is 0 Å². The SMILES string of the molecule is O=C(COC(=O)c1ccc(Cl)cc1O)Nc1ccc(N2CCCC2)cc1. The quantitative estimate of drug-likeness (QED) is 0.784. The van der Waals surface area contributed by atoms with E-state index in [4.69, 9.17) is 16.3 Å². The van der Waals surface area contributed by atoms with E-state index in [1.807, 2.05) is 24.3 Å². The Hall–Kier alpha value is -2.73. The third-order valence-corrected chi connectivity index (χ3v) is 4.37. The van der Waals surface area contributed by atoms with Gasteiger partial charge in [-0.3, -0.25) is 4.79 Å². The van der Waals surface area contributed by atoms with Crippen LogP contribution in [0.3, 0.4) is 0 Å². The van der Waals surface area contributed by atoms with Gasteiger partial charge in [0.2, 0.25) is 0 Å². The smallest absolute Gasteiger partial charge is 0.342 e. The Kier molecular flexibility index (Phi) is 5.63. The zero-order valence-corrected chi connectivity index (χ0v) is 14.8. The second-order valence-electron chi connectivity index (χ2n) is 6.03. The number of ether oxygens (including phenoxy) is 1. The molecule has 2 N–H and O–H groups in total. The first-order chi connectivity index (χ1) is 12.5. The monoisotopic (exact) mass is 374 g/mol. The molecular formula is C19H19ClN2O4. The molecule has 7 heteroatoms. The lowest BCUT2D eigenvalue weighted by atomic mass is 10.2. The first kappa shape index (κ1) is 18.1. The Labute approximate surface area is 156 Å². The molecule has 136 valence electrons. The van der Waals surface area contributed by atoms with Crippen LogP contribution in [0.2, 0.25) is 5.02 Å². The minimum atomic E-state index is -0.793. The van der Waals surface area contributed by atoms with E-state index in [2.05, 4.69) is 10.2 Å². The number of carbonyl (C=O) groups excluding carboxylic acids is 2. The third-order valence-electron chi connectivity index (χ3n) is 4.14. The van der Waals surface area contributed by atoms with Crippen LogP contribution in [0.25, 0.3) is 0 Å². The van der Waals surface area contributed by atoms with Crippen molar-refractivity contribution in [2.45, 2.75) is 12.8 Å². The fraction of sp³-hybridized carbons (Fsp3) is 0.263. The van der Waals surface area contributed by atoms with Crippen LogP contribution in [-0.2, 0) is 9.53 Å². The maximum atomic E-state index is 11.9. The first-order valence-corrected chi connectivity index (χ1v) is 8.71. The van der Waals surface area contributed by atoms with Crippen LogP contribution in [0.4, 0.5) is 11.4 Å². The number of benzene rings is 2. The second kappa shape index (κ2) is 8.10. The number of amides is 1. The van der Waals surface area contributed by atoms with Crippen LogP contribution >= 0.6 is 11.6 Å². The summed E-state index contributed by atoms with van der Waals surface area (Å²) in [5.41, 5.74) is 1.71. The van der Waals surface area contributed by atoms with E-state index >= 15 is 0 Å². The molecule has 0 spiro atoms. The molecule has 1 aliphatic rings. The average Bonchev–Trinajstić information content (AvgIpc) is 3.15. The summed E-state index contributed by atoms with van der Waals surface area (Å²) < 4.78 is 4.93. The zero-order chi connectivity index (χ0) is 18.5. The molecule has 0 radical (unpaired) electrons. The zero-order valence-electron chi connectivity index (χ0n) is 14.1. The number of carbonyl (C=O) groups is 2. The van der Waals surface area contributed by atoms with Crippen molar-refractivity contribution in [2.75, 3.05) is 29.9 Å². The maximum absolute atomic E-state index is 11.9. The molecule has 2 aromatic rings. The van der Waals surface area contributed by atoms with Gasteiger partial charge in [-0.1, -0.05) is 11.6 Å². The number of hydrogen-bond donors (Lipinski definition) is 2. The molecule has 1 saturated heterocycles. The highest BCUT2D eigenvalue weighted by molar-refractivity contribution is 6.30. The number of nitrogens with one attached hydrogen (secondary N) is 1. The second-order valence-corrected chi connectivity index (χ2v) is 6.46. The van der Waals surface area contributed by atoms with E-state index in [1.54, 1.807) is 0 Å². The highest BCUT2D eigenvalue weighted by atomic mass is 35.5. The summed E-state index contributed by atoms with van der Waals surface area (Å²) >= 11 is 5.71. The van der Waals surface area contributed by atoms with Crippen LogP contribution in [0.5, 0.6) is 5.75 Å². The van der Waals surface area contributed by atoms with Crippen molar-refractivity contribution in [1.82, 2.24) is 0 Å². The van der Waals surface area contributed by atoms with Crippen LogP contribution < -0.4 is 10.2 Å². The average molecular weight is 375 g/mol. The van der Waals surface area contributed by atoms with Crippen LogP contribution in [0.15, 0.2) is 42.5 Å². The molecule has 0 unspecified atom stereocenters. The number of phenolic OH excluding ortho intramolecular Hbond substituents is 1. The minimum absolute atomic E-state index is 0.0443. The van der Waals surface area contributed by atoms with Gasteiger partial charge in [-0.25, -0.2) is 4.79 Å². The number of anilines is 2. The van der Waals surface area contributed by atoms with E-state index in [9.17, 15) is 14.7 Å². The highest BCUT2D eigenvalue weighted by Gasteiger charge is 2.15. The topological polar surface area (TPSA) is 78.9 Å². The predicted octanol–water partition coefficient (Wildman–Crippen LogP) is 3.44. The number of nitrogens with zero attached hydrogens (tertiary/aromatic N) is 1. The number of esters is 1. The fourth-order valence-electron chi connectivity index (χ4n) is 2.81. The molecule has 0 aromatic heterocycles. The van der Waals surface area contributed by atoms with Crippen molar-refractivity contribution < 1.29 is 19.4 Å². The summed E-state index contributed by atoms with van der Waals surface area (Å²) in [4.78, 5) is 26.2. The van der Waals surface area contributed by atoms with Gasteiger partial charge in [0, 0.05) is 29.5 Å². The van der Waals surface area contributed by atoms with Gasteiger partial charge in [-0.05, 0) is 55.3 Å². The lowest BCUT2D eigenvalue weighted by Gasteiger charge is -2.17. The third kappa shape index (κ3) is 4.46. The van der Waals surface area contributed by atoms with E-state index < -0.39 is 18.5 Å². The summed E-state index contributed by atoms with van der Waals surface area (Å²) in [6.45, 7) is 1.66. The Morgan fingerprint density at radius 1 is 1.12 bits per heavy atom. The molecule has 1 heterocycles. The van der Waals surface area contributed by atoms with Gasteiger partial charge in [-0.15, -0.1) is 0 Å². The molecule has 0 atom stereocenters. The molecule has 0 saturated carbocycles. The van der Waals surface area contributed by atoms with Crippen LogP contribution in [-0.4, -0.2) is 36.7 Å². The lowest BCUT2D eigenvalue weighted by molar-refractivity contribution is -0.119. The highest BCUT2D eigenvalue weighted by Crippen LogP contribution is 2.23. The number of halogens is 1. The van der Waals surface area contributed by atoms with Crippen molar-refractivity contribution in [2.24, 2.45) is 0 Å². The Morgan fingerprint density at radius 2 is 1.81 bits per heavy atom. The molecule has 0 bridgehead atoms. The maximum Gasteiger partial charge on any atom is 0.342 e. The fourth-order valence-corrected chi connectivity index (χ4v) is 2.98. The van der Waals surface area contributed by atoms with Crippen molar-refractivity contribution >= 4 is 34.9 Å². The summed E-state index contributed by atoms with van der Waals surface area (Å²) in [5, 5.41) is 12.7. The molecule has 26 heavy (non-hydrogen) atoms. The first-order valence-electron chi connectivity index (χ1n) is 8.33. The van der Waals surface area contributed by atoms with E-state index in [0.717, 1.165) is 18.8 Å². The van der Waals surface area contributed by atoms with Crippen molar-refractivity contribution in [3.05, 3.63) is 53.1 Å². The summed E-state index contributed by atoms with van der Waals surface area (Å²) in [5.74, 6) is -1.54. The lowest BCUT2D eigenvalue weighted by Crippen LogP contribution is -2.21. The Bertz CT molecular complexity index is 802. The van der Waals surface area contributed by atoms with E-state index in [0.29, 0.717) is 10.7 Å². The van der Waals surface area contributed by atoms with Crippen LogP contribution in [0.1, 0.15) is 23.2 Å². The molecule has 0 aliphatic carbocycles. The molecular weight excluding hydrogens is 356 g/mol. The molecule has 3 rings (SSSR count). The molecule has 2 aromatic carbocycles. The summed E-state index contributed by atoms with van der Waals surface area (Å²) in [6.07, 6.45) is 2.40. The van der Waals surface area contributed by atoms with Crippen LogP contribution in [0, 0.1) is 0 Å². The van der Waals surface area contributed by atoms with Crippen molar-refractivity contribution in [1.29, 1.82) is 0 Å². The van der Waals surface area contributed by atoms with Gasteiger partial charge >= 0.3 is 5.97 Å². The largest absolute Gasteiger partial charge is 0.507 e. The number of aromatic hydroxyl groups is 1. The van der Waals surface area contributed by atoms with Gasteiger partial charge < -0.3 is 20.1 Å². The van der Waals surface area contributed by atoms with E-state index in [1.165, 1.54) is 31.0 Å². The summed E-state index contributed by atoms with van der Waals surface area (Å²) in [7, 11) is 0. The standard InChI is InChI=1S/C19H19ClN2O4/c20-13-3-8-16(17(23)11-13)19(25)26-12-18(24)21-14-4-6-15(7-5-14)22-9-1-2-10-22/h3-8,11,23H,1-2,9-10,12H2,(H,21,24). The van der Waals surface area contributed by atoms with Gasteiger partial charge in [-0.2, -0.15) is 0 Å². The Balaban J connectivity index is 1.51. The number of phenols is 1. The normalized spacial score (nSPS) is 13.5. The van der Waals surface area contributed by atoms with Crippen molar-refractivity contribution in [3.63, 3.8) is 0 Å². The minimum Gasteiger partial charge on any atom is -0.507 e. The van der Waals surface area contributed by atoms with Crippen molar-refractivity contribution in [3.8, 4) is 5.75 Å².